The molecule has 3 N–H and O–H groups in total. The molecule has 0 aliphatic rings. The second-order valence-electron chi connectivity index (χ2n) is 5.55. The fourth-order valence-electron chi connectivity index (χ4n) is 1.71. The van der Waals surface area contributed by atoms with Gasteiger partial charge in [-0.15, -0.1) is 0 Å². The minimum Gasteiger partial charge on any atom is -0.368 e. The van der Waals surface area contributed by atoms with Crippen molar-refractivity contribution in [3.8, 4) is 0 Å². The Balaban J connectivity index is 2.82. The van der Waals surface area contributed by atoms with Crippen LogP contribution in [0.5, 0.6) is 0 Å². The van der Waals surface area contributed by atoms with Gasteiger partial charge in [-0.05, 0) is 32.4 Å². The van der Waals surface area contributed by atoms with Gasteiger partial charge >= 0.3 is 0 Å². The van der Waals surface area contributed by atoms with E-state index in [1.54, 1.807) is 0 Å². The number of benzene rings is 1. The highest BCUT2D eigenvalue weighted by Crippen LogP contribution is 2.19. The number of nitrogens with two attached hydrogens (primary N) is 1. The normalized spacial score (nSPS) is 11.3. The van der Waals surface area contributed by atoms with Crippen LogP contribution in [0.4, 0.5) is 5.69 Å². The molecular weight excluding hydrogens is 226 g/mol. The summed E-state index contributed by atoms with van der Waals surface area (Å²) < 4.78 is 0. The Morgan fingerprint density at radius 3 is 2.50 bits per heavy atom. The summed E-state index contributed by atoms with van der Waals surface area (Å²) in [6.07, 6.45) is 0. The third-order valence-electron chi connectivity index (χ3n) is 2.61. The number of nitrogens with zero attached hydrogens (tertiary/aromatic N) is 1. The number of anilines is 1. The molecule has 1 amide bonds. The number of para-hydroxylation sites is 1. The molecule has 0 saturated carbocycles. The zero-order valence-electron chi connectivity index (χ0n) is 11.7. The van der Waals surface area contributed by atoms with Gasteiger partial charge in [0.05, 0.1) is 6.54 Å². The highest BCUT2D eigenvalue weighted by molar-refractivity contribution is 5.79. The predicted octanol–water partition coefficient (Wildman–Crippen LogP) is 1.50. The molecule has 1 aromatic rings. The van der Waals surface area contributed by atoms with E-state index >= 15 is 0 Å². The third kappa shape index (κ3) is 4.75. The standard InChI is InChI=1S/C14H23N3O/c1-14(2,3)16-9-11-7-5-6-8-12(11)17(4)10-13(15)18/h5-8,16H,9-10H2,1-4H3,(H2,15,18). The van der Waals surface area contributed by atoms with Crippen molar-refractivity contribution < 1.29 is 4.79 Å². The first kappa shape index (κ1) is 14.5. The van der Waals surface area contributed by atoms with Gasteiger partial charge in [0.1, 0.15) is 0 Å². The quantitative estimate of drug-likeness (QED) is 0.831. The number of likely N-dealkylation sites (N-methyl/N-ethyl adjacent to an activating group) is 1. The second kappa shape index (κ2) is 5.87. The molecule has 0 unspecified atom stereocenters. The van der Waals surface area contributed by atoms with E-state index < -0.39 is 0 Å². The largest absolute Gasteiger partial charge is 0.368 e. The molecule has 0 heterocycles. The van der Waals surface area contributed by atoms with Crippen molar-refractivity contribution in [2.24, 2.45) is 5.73 Å². The molecule has 0 aromatic heterocycles. The molecule has 0 spiro atoms. The van der Waals surface area contributed by atoms with E-state index in [9.17, 15) is 4.79 Å². The summed E-state index contributed by atoms with van der Waals surface area (Å²) in [6.45, 7) is 7.38. The van der Waals surface area contributed by atoms with Crippen LogP contribution in [-0.4, -0.2) is 25.0 Å². The van der Waals surface area contributed by atoms with Gasteiger partial charge < -0.3 is 16.0 Å². The minimum atomic E-state index is -0.323. The maximum atomic E-state index is 11.0. The summed E-state index contributed by atoms with van der Waals surface area (Å²) in [5.41, 5.74) is 7.49. The lowest BCUT2D eigenvalue weighted by Gasteiger charge is -2.25. The van der Waals surface area contributed by atoms with E-state index in [0.717, 1.165) is 17.8 Å². The lowest BCUT2D eigenvalue weighted by molar-refractivity contribution is -0.116. The molecule has 1 aromatic carbocycles. The summed E-state index contributed by atoms with van der Waals surface area (Å²) in [4.78, 5) is 12.9. The lowest BCUT2D eigenvalue weighted by atomic mass is 10.1. The fraction of sp³-hybridized carbons (Fsp3) is 0.500. The predicted molar refractivity (Wildman–Crippen MR) is 75.5 cm³/mol. The van der Waals surface area contributed by atoms with Crippen LogP contribution in [0.15, 0.2) is 24.3 Å². The van der Waals surface area contributed by atoms with E-state index in [2.05, 4.69) is 32.2 Å². The molecule has 0 radical (unpaired) electrons. The van der Waals surface area contributed by atoms with Crippen LogP contribution in [0, 0.1) is 0 Å². The molecule has 4 heteroatoms. The number of amides is 1. The average Bonchev–Trinajstić information content (AvgIpc) is 2.25. The van der Waals surface area contributed by atoms with Gasteiger partial charge in [0, 0.05) is 24.8 Å². The van der Waals surface area contributed by atoms with Crippen molar-refractivity contribution in [2.75, 3.05) is 18.5 Å². The number of hydrogen-bond acceptors (Lipinski definition) is 3. The van der Waals surface area contributed by atoms with Crippen molar-refractivity contribution in [1.82, 2.24) is 5.32 Å². The number of primary amides is 1. The van der Waals surface area contributed by atoms with Crippen molar-refractivity contribution in [3.63, 3.8) is 0 Å². The van der Waals surface area contributed by atoms with Crippen LogP contribution in [-0.2, 0) is 11.3 Å². The SMILES string of the molecule is CN(CC(N)=O)c1ccccc1CNC(C)(C)C. The summed E-state index contributed by atoms with van der Waals surface area (Å²) in [5.74, 6) is -0.323. The van der Waals surface area contributed by atoms with Gasteiger partial charge in [0.2, 0.25) is 5.91 Å². The summed E-state index contributed by atoms with van der Waals surface area (Å²) in [6, 6.07) is 8.03. The molecule has 0 atom stereocenters. The maximum Gasteiger partial charge on any atom is 0.236 e. The fourth-order valence-corrected chi connectivity index (χ4v) is 1.71. The highest BCUT2D eigenvalue weighted by Gasteiger charge is 2.12. The topological polar surface area (TPSA) is 58.4 Å². The summed E-state index contributed by atoms with van der Waals surface area (Å²) in [7, 11) is 1.88. The lowest BCUT2D eigenvalue weighted by Crippen LogP contribution is -2.36. The number of carbonyl (C=O) groups excluding carboxylic acids is 1. The summed E-state index contributed by atoms with van der Waals surface area (Å²) >= 11 is 0. The Bertz CT molecular complexity index is 410. The second-order valence-corrected chi connectivity index (χ2v) is 5.55. The van der Waals surface area contributed by atoms with Crippen molar-refractivity contribution in [1.29, 1.82) is 0 Å². The van der Waals surface area contributed by atoms with Crippen LogP contribution < -0.4 is 16.0 Å². The molecule has 0 aliphatic carbocycles. The average molecular weight is 249 g/mol. The third-order valence-corrected chi connectivity index (χ3v) is 2.61. The first-order valence-electron chi connectivity index (χ1n) is 6.12. The van der Waals surface area contributed by atoms with E-state index in [4.69, 9.17) is 5.73 Å². The molecule has 0 bridgehead atoms. The van der Waals surface area contributed by atoms with Gasteiger partial charge in [-0.3, -0.25) is 4.79 Å². The molecule has 1 rings (SSSR count). The van der Waals surface area contributed by atoms with Gasteiger partial charge in [0.15, 0.2) is 0 Å². The van der Waals surface area contributed by atoms with Crippen LogP contribution in [0.3, 0.4) is 0 Å². The van der Waals surface area contributed by atoms with E-state index in [1.165, 1.54) is 0 Å². The van der Waals surface area contributed by atoms with Crippen LogP contribution >= 0.6 is 0 Å². The number of carbonyl (C=O) groups is 1. The van der Waals surface area contributed by atoms with Crippen LogP contribution in [0.25, 0.3) is 0 Å². The molecule has 18 heavy (non-hydrogen) atoms. The maximum absolute atomic E-state index is 11.0. The van der Waals surface area contributed by atoms with E-state index in [-0.39, 0.29) is 18.0 Å². The van der Waals surface area contributed by atoms with Crippen molar-refractivity contribution >= 4 is 11.6 Å². The monoisotopic (exact) mass is 249 g/mol. The number of rotatable bonds is 5. The molecule has 0 aliphatic heterocycles. The number of hydrogen-bond donors (Lipinski definition) is 2. The van der Waals surface area contributed by atoms with Gasteiger partial charge in [-0.25, -0.2) is 0 Å². The van der Waals surface area contributed by atoms with Gasteiger partial charge in [-0.2, -0.15) is 0 Å². The first-order chi connectivity index (χ1) is 8.29. The molecule has 4 nitrogen and oxygen atoms in total. The van der Waals surface area contributed by atoms with Crippen LogP contribution in [0.1, 0.15) is 26.3 Å². The Morgan fingerprint density at radius 2 is 1.94 bits per heavy atom. The zero-order chi connectivity index (χ0) is 13.8. The van der Waals surface area contributed by atoms with Gasteiger partial charge in [-0.1, -0.05) is 18.2 Å². The van der Waals surface area contributed by atoms with E-state index in [0.29, 0.717) is 0 Å². The molecular formula is C14H23N3O. The first-order valence-corrected chi connectivity index (χ1v) is 6.12. The molecule has 0 fully saturated rings. The Kier molecular flexibility index (Phi) is 4.73. The highest BCUT2D eigenvalue weighted by atomic mass is 16.1. The van der Waals surface area contributed by atoms with Gasteiger partial charge in [0.25, 0.3) is 0 Å². The van der Waals surface area contributed by atoms with E-state index in [1.807, 2.05) is 30.1 Å². The van der Waals surface area contributed by atoms with Crippen LogP contribution in [0.2, 0.25) is 0 Å². The Morgan fingerprint density at radius 1 is 1.33 bits per heavy atom. The minimum absolute atomic E-state index is 0.0649. The molecule has 0 saturated heterocycles. The Labute approximate surface area is 109 Å². The van der Waals surface area contributed by atoms with Crippen molar-refractivity contribution in [2.45, 2.75) is 32.9 Å². The number of nitrogens with one attached hydrogen (secondary N) is 1. The summed E-state index contributed by atoms with van der Waals surface area (Å²) in [5, 5.41) is 3.44. The smallest absolute Gasteiger partial charge is 0.236 e. The molecule has 100 valence electrons. The van der Waals surface area contributed by atoms with Crippen molar-refractivity contribution in [3.05, 3.63) is 29.8 Å². The Hall–Kier alpha value is -1.55. The zero-order valence-corrected chi connectivity index (χ0v) is 11.7.